The lowest BCUT2D eigenvalue weighted by molar-refractivity contribution is -0.165. The van der Waals surface area contributed by atoms with E-state index >= 15 is 0 Å². The zero-order valence-electron chi connectivity index (χ0n) is 27.4. The molecule has 1 amide bonds. The molecule has 0 bridgehead atoms. The molecule has 1 aliphatic rings. The van der Waals surface area contributed by atoms with E-state index in [1.807, 2.05) is 0 Å². The van der Waals surface area contributed by atoms with Gasteiger partial charge in [-0.05, 0) is 13.3 Å². The third kappa shape index (κ3) is 6.48. The van der Waals surface area contributed by atoms with E-state index in [4.69, 9.17) is 29.3 Å². The van der Waals surface area contributed by atoms with Crippen LogP contribution < -0.4 is 11.0 Å². The second kappa shape index (κ2) is 10.8. The van der Waals surface area contributed by atoms with Gasteiger partial charge in [-0.3, -0.25) is 19.5 Å². The van der Waals surface area contributed by atoms with Gasteiger partial charge >= 0.3 is 23.7 Å². The van der Waals surface area contributed by atoms with Crippen LogP contribution in [0.1, 0.15) is 68.0 Å². The van der Waals surface area contributed by atoms with E-state index in [9.17, 15) is 23.6 Å². The van der Waals surface area contributed by atoms with Gasteiger partial charge in [0.25, 0.3) is 0 Å². The summed E-state index contributed by atoms with van der Waals surface area (Å²) in [6.45, 7) is -4.37. The maximum absolute atomic E-state index is 14.9. The number of rotatable bonds is 8. The third-order valence-corrected chi connectivity index (χ3v) is 3.75. The Morgan fingerprint density at radius 2 is 1.97 bits per heavy atom. The van der Waals surface area contributed by atoms with E-state index < -0.39 is 92.4 Å². The lowest BCUT2D eigenvalue weighted by atomic mass is 10.1. The van der Waals surface area contributed by atoms with Crippen LogP contribution in [0.2, 0.25) is 0 Å². The molecule has 0 spiro atoms. The number of halogens is 1. The van der Waals surface area contributed by atoms with Crippen molar-refractivity contribution in [2.75, 3.05) is 11.9 Å². The Bertz CT molecular complexity index is 1290. The number of nitrogens with zero attached hydrogens (tertiary/aromatic N) is 2. The van der Waals surface area contributed by atoms with Crippen LogP contribution in [-0.4, -0.2) is 52.5 Å². The maximum Gasteiger partial charge on any atom is 0.412 e. The van der Waals surface area contributed by atoms with Gasteiger partial charge in [0.2, 0.25) is 0 Å². The minimum Gasteiger partial charge on any atom is -0.456 e. The largest absolute Gasteiger partial charge is 0.456 e. The van der Waals surface area contributed by atoms with Gasteiger partial charge in [-0.1, -0.05) is 19.6 Å². The highest BCUT2D eigenvalue weighted by Crippen LogP contribution is 2.33. The van der Waals surface area contributed by atoms with Gasteiger partial charge in [0.1, 0.15) is 0 Å². The van der Waals surface area contributed by atoms with Gasteiger partial charge in [-0.2, -0.15) is 4.98 Å². The van der Waals surface area contributed by atoms with Gasteiger partial charge in [-0.15, -0.1) is 0 Å². The lowest BCUT2D eigenvalue weighted by Gasteiger charge is -2.23. The van der Waals surface area contributed by atoms with Crippen LogP contribution in [0.4, 0.5) is 15.0 Å². The molecule has 1 aliphatic heterocycles. The monoisotopic (exact) mass is 454 g/mol. The molecule has 1 saturated heterocycles. The Morgan fingerprint density at radius 3 is 2.61 bits per heavy atom. The van der Waals surface area contributed by atoms with Gasteiger partial charge in [0.15, 0.2) is 30.1 Å². The van der Waals surface area contributed by atoms with Gasteiger partial charge in [-0.25, -0.2) is 14.0 Å². The van der Waals surface area contributed by atoms with Crippen molar-refractivity contribution in [1.29, 1.82) is 0 Å². The van der Waals surface area contributed by atoms with Gasteiger partial charge in [0.05, 0.1) is 21.6 Å². The first-order chi connectivity index (χ1) is 18.8. The Kier molecular flexibility index (Phi) is 4.46. The summed E-state index contributed by atoms with van der Waals surface area (Å²) in [5.41, 5.74) is -1.34. The van der Waals surface area contributed by atoms with Crippen molar-refractivity contribution >= 4 is 23.8 Å². The second-order valence-corrected chi connectivity index (χ2v) is 6.00. The van der Waals surface area contributed by atoms with E-state index in [0.29, 0.717) is 10.8 Å². The summed E-state index contributed by atoms with van der Waals surface area (Å²) in [5.74, 6) is -4.33. The van der Waals surface area contributed by atoms with Crippen molar-refractivity contribution in [3.05, 3.63) is 22.5 Å². The number of hydrogen-bond donors (Lipinski definition) is 1. The first-order valence-corrected chi connectivity index (χ1v) is 8.57. The molecule has 0 saturated carbocycles. The zero-order chi connectivity index (χ0) is 32.8. The molecule has 0 aromatic carbocycles. The molecule has 172 valence electrons. The third-order valence-electron chi connectivity index (χ3n) is 3.75. The van der Waals surface area contributed by atoms with Gasteiger partial charge < -0.3 is 18.9 Å². The summed E-state index contributed by atoms with van der Waals surface area (Å²) >= 11 is 0. The first kappa shape index (κ1) is 12.7. The summed E-state index contributed by atoms with van der Waals surface area (Å²) in [5, 5.41) is 1.51. The fourth-order valence-corrected chi connectivity index (χ4v) is 2.67. The summed E-state index contributed by atoms with van der Waals surface area (Å²) in [6.07, 6.45) is -19.0. The SMILES string of the molecule is [2H]C([2H])([2H])C([2H])([2H])C([2H])([2H])C([2H])([2H])C([2H])([2H])OC(=O)Nc1nc(=O)n([C@@H]2O[C@H](C)[C@@H](OC(C)=O)[C@H]2OC(C)=O)cc1F. The minimum absolute atomic E-state index is 0.437. The molecule has 12 heteroatoms. The van der Waals surface area contributed by atoms with Crippen molar-refractivity contribution in [3.8, 4) is 0 Å². The van der Waals surface area contributed by atoms with Crippen LogP contribution >= 0.6 is 0 Å². The predicted octanol–water partition coefficient (Wildman–Crippen LogP) is 1.90. The van der Waals surface area contributed by atoms with Crippen molar-refractivity contribution in [1.82, 2.24) is 9.55 Å². The van der Waals surface area contributed by atoms with Gasteiger partial charge in [0, 0.05) is 26.2 Å². The first-order valence-electron chi connectivity index (χ1n) is 14.1. The van der Waals surface area contributed by atoms with Crippen LogP contribution in [0.15, 0.2) is 11.0 Å². The molecule has 11 nitrogen and oxygen atoms in total. The number of ether oxygens (including phenoxy) is 4. The normalized spacial score (nSPS) is 30.1. The number of anilines is 1. The molecule has 0 aliphatic carbocycles. The summed E-state index contributed by atoms with van der Waals surface area (Å²) in [4.78, 5) is 51.3. The van der Waals surface area contributed by atoms with E-state index in [1.165, 1.54) is 12.2 Å². The number of hydrogen-bond acceptors (Lipinski definition) is 9. The number of amides is 1. The fraction of sp³-hybridized carbons (Fsp3) is 0.632. The summed E-state index contributed by atoms with van der Waals surface area (Å²) < 4.78 is 118. The van der Waals surface area contributed by atoms with E-state index in [-0.39, 0.29) is 0 Å². The van der Waals surface area contributed by atoms with Crippen LogP contribution in [0.25, 0.3) is 0 Å². The lowest BCUT2D eigenvalue weighted by Crippen LogP contribution is -2.40. The Labute approximate surface area is 193 Å². The quantitative estimate of drug-likeness (QED) is 0.461. The molecule has 2 heterocycles. The highest BCUT2D eigenvalue weighted by atomic mass is 19.1. The molecule has 1 aromatic rings. The summed E-state index contributed by atoms with van der Waals surface area (Å²) in [6, 6.07) is 0. The molecule has 2 rings (SSSR count). The zero-order valence-corrected chi connectivity index (χ0v) is 16.4. The molecule has 1 fully saturated rings. The standard InChI is InChI=1S/C19H26FN3O8/c1-5-6-7-8-28-19(27)22-16-13(20)9-23(18(26)21-16)17-15(31-12(4)25)14(10(2)29-17)30-11(3)24/h9-10,14-15,17H,5-8H2,1-4H3,(H,21,22,26,27)/t10-,14-,15-,17-/m1/s1/i1D3,5D2,6D2,7D2,8D2. The number of carbonyl (C=O) groups is 3. The molecular formula is C19H26FN3O8. The number of carbonyl (C=O) groups excluding carboxylic acids is 3. The van der Waals surface area contributed by atoms with E-state index in [2.05, 4.69) is 9.72 Å². The van der Waals surface area contributed by atoms with Crippen LogP contribution in [0.5, 0.6) is 0 Å². The highest BCUT2D eigenvalue weighted by Gasteiger charge is 2.48. The smallest absolute Gasteiger partial charge is 0.412 e. The predicted molar refractivity (Wildman–Crippen MR) is 104 cm³/mol. The van der Waals surface area contributed by atoms with Crippen LogP contribution in [-0.2, 0) is 28.5 Å². The number of nitrogens with one attached hydrogen (secondary N) is 1. The molecule has 1 aromatic heterocycles. The Morgan fingerprint density at radius 1 is 1.29 bits per heavy atom. The molecule has 1 N–H and O–H groups in total. The molecule has 0 radical (unpaired) electrons. The van der Waals surface area contributed by atoms with E-state index in [1.54, 1.807) is 0 Å². The van der Waals surface area contributed by atoms with Crippen LogP contribution in [0, 0.1) is 5.82 Å². The minimum atomic E-state index is -4.15. The number of esters is 2. The average Bonchev–Trinajstić information content (AvgIpc) is 3.08. The number of aromatic nitrogens is 2. The Hall–Kier alpha value is -3.02. The van der Waals surface area contributed by atoms with Crippen molar-refractivity contribution in [3.63, 3.8) is 0 Å². The van der Waals surface area contributed by atoms with Crippen molar-refractivity contribution < 1.29 is 52.8 Å². The summed E-state index contributed by atoms with van der Waals surface area (Å²) in [7, 11) is 0. The molecule has 31 heavy (non-hydrogen) atoms. The van der Waals surface area contributed by atoms with Crippen molar-refractivity contribution in [2.45, 2.75) is 71.3 Å². The Balaban J connectivity index is 2.35. The molecule has 0 unspecified atom stereocenters. The topological polar surface area (TPSA) is 135 Å². The molecular weight excluding hydrogens is 417 g/mol. The van der Waals surface area contributed by atoms with E-state index in [0.717, 1.165) is 13.8 Å². The highest BCUT2D eigenvalue weighted by molar-refractivity contribution is 5.83. The second-order valence-electron chi connectivity index (χ2n) is 6.00. The van der Waals surface area contributed by atoms with Crippen molar-refractivity contribution in [2.24, 2.45) is 0 Å². The maximum atomic E-state index is 14.9. The fourth-order valence-electron chi connectivity index (χ4n) is 2.67. The molecule has 4 atom stereocenters. The van der Waals surface area contributed by atoms with Crippen LogP contribution in [0.3, 0.4) is 0 Å². The average molecular weight is 454 g/mol.